The number of carbonyl (C=O) groups is 2. The van der Waals surface area contributed by atoms with E-state index in [1.807, 2.05) is 0 Å². The molecule has 2 aromatic rings. The first-order chi connectivity index (χ1) is 9.40. The maximum atomic E-state index is 11.7. The highest BCUT2D eigenvalue weighted by atomic mass is 16.5. The van der Waals surface area contributed by atoms with Gasteiger partial charge >= 0.3 is 5.97 Å². The number of fused-ring (bicyclic) bond motifs is 1. The highest BCUT2D eigenvalue weighted by molar-refractivity contribution is 5.86. The average molecular weight is 278 g/mol. The molecule has 1 unspecified atom stereocenters. The molecule has 1 heterocycles. The fraction of sp³-hybridized carbons (Fsp3) is 0.308. The van der Waals surface area contributed by atoms with Gasteiger partial charge in [0.05, 0.1) is 13.0 Å². The Kier molecular flexibility index (Phi) is 3.71. The molecule has 1 aromatic heterocycles. The highest BCUT2D eigenvalue weighted by Gasteiger charge is 2.30. The van der Waals surface area contributed by atoms with Gasteiger partial charge in [-0.1, -0.05) is 17.3 Å². The highest BCUT2D eigenvalue weighted by Crippen LogP contribution is 2.17. The number of nitrogens with zero attached hydrogens (tertiary/aromatic N) is 1. The van der Waals surface area contributed by atoms with Crippen molar-refractivity contribution in [2.75, 3.05) is 6.54 Å². The van der Waals surface area contributed by atoms with Crippen LogP contribution < -0.4 is 5.32 Å². The van der Waals surface area contributed by atoms with Gasteiger partial charge in [-0.2, -0.15) is 0 Å². The van der Waals surface area contributed by atoms with Gasteiger partial charge in [-0.3, -0.25) is 4.79 Å². The number of aliphatic carboxylic acids is 1. The van der Waals surface area contributed by atoms with Crippen LogP contribution in [0, 0.1) is 0 Å². The van der Waals surface area contributed by atoms with Crippen molar-refractivity contribution in [1.29, 1.82) is 0 Å². The third-order valence-corrected chi connectivity index (χ3v) is 2.87. The van der Waals surface area contributed by atoms with Crippen LogP contribution in [0.4, 0.5) is 0 Å². The number of rotatable bonds is 5. The minimum Gasteiger partial charge on any atom is -0.479 e. The molecular formula is C13H14N2O5. The van der Waals surface area contributed by atoms with E-state index in [1.165, 1.54) is 0 Å². The lowest BCUT2D eigenvalue weighted by molar-refractivity contribution is -0.156. The lowest BCUT2D eigenvalue weighted by atomic mass is 10.1. The van der Waals surface area contributed by atoms with Gasteiger partial charge in [0.1, 0.15) is 5.69 Å². The standard InChI is InChI=1S/C13H14N2O5/c1-13(19,12(17)18)7-14-11(16)6-9-8-4-2-3-5-10(8)20-15-9/h2-5,19H,6-7H2,1H3,(H,14,16)(H,17,18). The SMILES string of the molecule is CC(O)(CNC(=O)Cc1noc2ccccc12)C(=O)O. The molecule has 1 atom stereocenters. The van der Waals surface area contributed by atoms with Crippen LogP contribution in [0.5, 0.6) is 0 Å². The summed E-state index contributed by atoms with van der Waals surface area (Å²) in [6, 6.07) is 7.11. The van der Waals surface area contributed by atoms with E-state index in [0.717, 1.165) is 12.3 Å². The van der Waals surface area contributed by atoms with E-state index in [-0.39, 0.29) is 13.0 Å². The Bertz CT molecular complexity index is 647. The third-order valence-electron chi connectivity index (χ3n) is 2.87. The number of nitrogens with one attached hydrogen (secondary N) is 1. The van der Waals surface area contributed by atoms with E-state index in [2.05, 4.69) is 10.5 Å². The van der Waals surface area contributed by atoms with Crippen LogP contribution in [-0.4, -0.2) is 39.4 Å². The summed E-state index contributed by atoms with van der Waals surface area (Å²) >= 11 is 0. The molecule has 1 aromatic carbocycles. The molecule has 7 nitrogen and oxygen atoms in total. The Hall–Kier alpha value is -2.41. The summed E-state index contributed by atoms with van der Waals surface area (Å²) < 4.78 is 5.06. The smallest absolute Gasteiger partial charge is 0.337 e. The molecule has 0 radical (unpaired) electrons. The van der Waals surface area contributed by atoms with Crippen LogP contribution in [0.1, 0.15) is 12.6 Å². The lowest BCUT2D eigenvalue weighted by Gasteiger charge is -2.17. The lowest BCUT2D eigenvalue weighted by Crippen LogP contribution is -2.46. The largest absolute Gasteiger partial charge is 0.479 e. The number of hydrogen-bond acceptors (Lipinski definition) is 5. The summed E-state index contributed by atoms with van der Waals surface area (Å²) in [6.07, 6.45) is -0.0489. The topological polar surface area (TPSA) is 113 Å². The zero-order valence-corrected chi connectivity index (χ0v) is 10.8. The number of carbonyl (C=O) groups excluding carboxylic acids is 1. The molecule has 0 bridgehead atoms. The quantitative estimate of drug-likeness (QED) is 0.726. The van der Waals surface area contributed by atoms with Crippen molar-refractivity contribution in [3.63, 3.8) is 0 Å². The van der Waals surface area contributed by atoms with Crippen molar-refractivity contribution in [3.8, 4) is 0 Å². The number of aromatic nitrogens is 1. The monoisotopic (exact) mass is 278 g/mol. The van der Waals surface area contributed by atoms with Crippen LogP contribution in [0.2, 0.25) is 0 Å². The first kappa shape index (κ1) is 14.0. The summed E-state index contributed by atoms with van der Waals surface area (Å²) in [6.45, 7) is 0.734. The van der Waals surface area contributed by atoms with E-state index in [9.17, 15) is 14.7 Å². The van der Waals surface area contributed by atoms with E-state index in [0.29, 0.717) is 11.3 Å². The fourth-order valence-electron chi connectivity index (χ4n) is 1.63. The number of carboxylic acids is 1. The second kappa shape index (κ2) is 5.30. The number of aliphatic hydroxyl groups is 1. The van der Waals surface area contributed by atoms with Crippen LogP contribution in [0.25, 0.3) is 11.0 Å². The third kappa shape index (κ3) is 2.94. The Morgan fingerprint density at radius 2 is 2.10 bits per heavy atom. The van der Waals surface area contributed by atoms with Crippen molar-refractivity contribution in [2.24, 2.45) is 0 Å². The predicted octanol–water partition coefficient (Wildman–Crippen LogP) is 0.322. The van der Waals surface area contributed by atoms with Gasteiger partial charge in [0, 0.05) is 5.39 Å². The Labute approximate surface area is 114 Å². The molecule has 0 fully saturated rings. The van der Waals surface area contributed by atoms with Crippen LogP contribution in [0.15, 0.2) is 28.8 Å². The van der Waals surface area contributed by atoms with Gasteiger partial charge < -0.3 is 20.1 Å². The molecule has 0 aliphatic rings. The normalized spacial score (nSPS) is 13.9. The first-order valence-corrected chi connectivity index (χ1v) is 5.96. The molecule has 1 amide bonds. The second-order valence-electron chi connectivity index (χ2n) is 4.66. The van der Waals surface area contributed by atoms with E-state index in [1.54, 1.807) is 24.3 Å². The Morgan fingerprint density at radius 1 is 1.40 bits per heavy atom. The summed E-state index contributed by atoms with van der Waals surface area (Å²) in [5.41, 5.74) is -0.956. The first-order valence-electron chi connectivity index (χ1n) is 5.96. The number of para-hydroxylation sites is 1. The Balaban J connectivity index is 2.00. The summed E-state index contributed by atoms with van der Waals surface area (Å²) in [5.74, 6) is -1.84. The summed E-state index contributed by atoms with van der Waals surface area (Å²) in [7, 11) is 0. The second-order valence-corrected chi connectivity index (χ2v) is 4.66. The van der Waals surface area contributed by atoms with Gasteiger partial charge in [-0.15, -0.1) is 0 Å². The number of benzene rings is 1. The summed E-state index contributed by atoms with van der Waals surface area (Å²) in [4.78, 5) is 22.4. The van der Waals surface area contributed by atoms with Gasteiger partial charge in [0.25, 0.3) is 0 Å². The van der Waals surface area contributed by atoms with Crippen LogP contribution >= 0.6 is 0 Å². The van der Waals surface area contributed by atoms with Crippen LogP contribution in [0.3, 0.4) is 0 Å². The minimum atomic E-state index is -2.00. The van der Waals surface area contributed by atoms with Crippen molar-refractivity contribution in [2.45, 2.75) is 18.9 Å². The van der Waals surface area contributed by atoms with E-state index in [4.69, 9.17) is 9.63 Å². The number of amides is 1. The van der Waals surface area contributed by atoms with Gasteiger partial charge in [-0.05, 0) is 19.1 Å². The molecule has 0 aliphatic carbocycles. The average Bonchev–Trinajstić information content (AvgIpc) is 2.80. The minimum absolute atomic E-state index is 0.0489. The molecule has 0 saturated carbocycles. The van der Waals surface area contributed by atoms with Gasteiger partial charge in [0.2, 0.25) is 5.91 Å². The predicted molar refractivity (Wildman–Crippen MR) is 69.0 cm³/mol. The number of hydrogen-bond donors (Lipinski definition) is 3. The van der Waals surface area contributed by atoms with Crippen molar-refractivity contribution >= 4 is 22.8 Å². The van der Waals surface area contributed by atoms with E-state index >= 15 is 0 Å². The molecule has 0 spiro atoms. The van der Waals surface area contributed by atoms with E-state index < -0.39 is 17.5 Å². The van der Waals surface area contributed by atoms with Crippen LogP contribution in [-0.2, 0) is 16.0 Å². The Morgan fingerprint density at radius 3 is 2.80 bits per heavy atom. The molecule has 106 valence electrons. The van der Waals surface area contributed by atoms with Gasteiger partial charge in [-0.25, -0.2) is 4.79 Å². The van der Waals surface area contributed by atoms with Gasteiger partial charge in [0.15, 0.2) is 11.2 Å². The van der Waals surface area contributed by atoms with Crippen molar-refractivity contribution in [1.82, 2.24) is 10.5 Å². The molecule has 0 saturated heterocycles. The molecular weight excluding hydrogens is 264 g/mol. The molecule has 7 heteroatoms. The molecule has 0 aliphatic heterocycles. The van der Waals surface area contributed by atoms with Crippen molar-refractivity contribution < 1.29 is 24.3 Å². The number of carboxylic acid groups (broad SMARTS) is 1. The fourth-order valence-corrected chi connectivity index (χ4v) is 1.63. The molecule has 20 heavy (non-hydrogen) atoms. The maximum absolute atomic E-state index is 11.7. The van der Waals surface area contributed by atoms with Crippen molar-refractivity contribution in [3.05, 3.63) is 30.0 Å². The summed E-state index contributed by atoms with van der Waals surface area (Å²) in [5, 5.41) is 25.1. The zero-order chi connectivity index (χ0) is 14.8. The zero-order valence-electron chi connectivity index (χ0n) is 10.8. The molecule has 3 N–H and O–H groups in total. The maximum Gasteiger partial charge on any atom is 0.337 e. The molecule has 2 rings (SSSR count).